The van der Waals surface area contributed by atoms with Crippen LogP contribution in [0, 0.1) is 10.1 Å². The first kappa shape index (κ1) is 13.4. The molecule has 0 bridgehead atoms. The Kier molecular flexibility index (Phi) is 4.86. The van der Waals surface area contributed by atoms with Crippen LogP contribution in [0.5, 0.6) is 5.75 Å². The second-order valence-corrected chi connectivity index (χ2v) is 3.70. The molecular formula is C11H15NO5. The van der Waals surface area contributed by atoms with E-state index in [2.05, 4.69) is 0 Å². The van der Waals surface area contributed by atoms with Crippen molar-refractivity contribution in [2.75, 3.05) is 6.61 Å². The number of ether oxygens (including phenoxy) is 1. The Balaban J connectivity index is 2.80. The first-order chi connectivity index (χ1) is 8.04. The third-order valence-electron chi connectivity index (χ3n) is 2.20. The van der Waals surface area contributed by atoms with E-state index in [4.69, 9.17) is 14.9 Å². The lowest BCUT2D eigenvalue weighted by molar-refractivity contribution is -0.386. The van der Waals surface area contributed by atoms with Gasteiger partial charge in [0.25, 0.3) is 0 Å². The molecule has 0 fully saturated rings. The third-order valence-corrected chi connectivity index (χ3v) is 2.20. The summed E-state index contributed by atoms with van der Waals surface area (Å²) in [6.07, 6.45) is -0.107. The Morgan fingerprint density at radius 1 is 1.53 bits per heavy atom. The summed E-state index contributed by atoms with van der Waals surface area (Å²) in [6, 6.07) is 4.29. The second kappa shape index (κ2) is 6.17. The van der Waals surface area contributed by atoms with Crippen LogP contribution in [0.3, 0.4) is 0 Å². The van der Waals surface area contributed by atoms with Crippen molar-refractivity contribution in [1.82, 2.24) is 0 Å². The second-order valence-electron chi connectivity index (χ2n) is 3.70. The van der Waals surface area contributed by atoms with Crippen molar-refractivity contribution in [2.24, 2.45) is 0 Å². The molecule has 0 saturated carbocycles. The molecule has 1 unspecified atom stereocenters. The average Bonchev–Trinajstić information content (AvgIpc) is 2.28. The summed E-state index contributed by atoms with van der Waals surface area (Å²) >= 11 is 0. The Labute approximate surface area is 98.6 Å². The summed E-state index contributed by atoms with van der Waals surface area (Å²) in [7, 11) is 0. The van der Waals surface area contributed by atoms with Crippen molar-refractivity contribution >= 4 is 5.69 Å². The van der Waals surface area contributed by atoms with Crippen LogP contribution < -0.4 is 4.74 Å². The van der Waals surface area contributed by atoms with Crippen LogP contribution in [0.4, 0.5) is 5.69 Å². The summed E-state index contributed by atoms with van der Waals surface area (Å²) in [5.74, 6) is 0.146. The van der Waals surface area contributed by atoms with Crippen molar-refractivity contribution in [1.29, 1.82) is 0 Å². The molecule has 1 rings (SSSR count). The SMILES string of the molecule is CC(O)CCOc1ccc(CO)cc1[N+](=O)[O-]. The van der Waals surface area contributed by atoms with Gasteiger partial charge in [-0.1, -0.05) is 6.07 Å². The van der Waals surface area contributed by atoms with Crippen molar-refractivity contribution in [3.63, 3.8) is 0 Å². The van der Waals surface area contributed by atoms with Gasteiger partial charge >= 0.3 is 5.69 Å². The summed E-state index contributed by atoms with van der Waals surface area (Å²) in [6.45, 7) is 1.57. The highest BCUT2D eigenvalue weighted by atomic mass is 16.6. The van der Waals surface area contributed by atoms with Gasteiger partial charge in [-0.3, -0.25) is 10.1 Å². The lowest BCUT2D eigenvalue weighted by Gasteiger charge is -2.08. The molecule has 0 spiro atoms. The fourth-order valence-electron chi connectivity index (χ4n) is 1.27. The molecule has 1 aromatic rings. The number of rotatable bonds is 6. The molecule has 0 aliphatic rings. The first-order valence-electron chi connectivity index (χ1n) is 5.23. The lowest BCUT2D eigenvalue weighted by atomic mass is 10.2. The maximum Gasteiger partial charge on any atom is 0.311 e. The van der Waals surface area contributed by atoms with E-state index < -0.39 is 11.0 Å². The number of hydrogen-bond donors (Lipinski definition) is 2. The smallest absolute Gasteiger partial charge is 0.311 e. The van der Waals surface area contributed by atoms with Gasteiger partial charge in [0.05, 0.1) is 24.2 Å². The predicted molar refractivity (Wildman–Crippen MR) is 60.8 cm³/mol. The maximum absolute atomic E-state index is 10.8. The van der Waals surface area contributed by atoms with Crippen LogP contribution in [0.1, 0.15) is 18.9 Å². The molecule has 17 heavy (non-hydrogen) atoms. The van der Waals surface area contributed by atoms with E-state index in [1.54, 1.807) is 13.0 Å². The third kappa shape index (κ3) is 4.01. The molecule has 0 aliphatic carbocycles. The molecule has 1 atom stereocenters. The minimum Gasteiger partial charge on any atom is -0.487 e. The number of aliphatic hydroxyl groups is 2. The summed E-state index contributed by atoms with van der Waals surface area (Å²) in [4.78, 5) is 10.2. The van der Waals surface area contributed by atoms with Gasteiger partial charge in [0.1, 0.15) is 0 Å². The number of nitro groups is 1. The monoisotopic (exact) mass is 241 g/mol. The van der Waals surface area contributed by atoms with E-state index in [0.717, 1.165) is 0 Å². The maximum atomic E-state index is 10.8. The molecule has 94 valence electrons. The van der Waals surface area contributed by atoms with Crippen LogP contribution in [0.25, 0.3) is 0 Å². The highest BCUT2D eigenvalue weighted by Gasteiger charge is 2.15. The fraction of sp³-hybridized carbons (Fsp3) is 0.455. The van der Waals surface area contributed by atoms with Gasteiger partial charge < -0.3 is 14.9 Å². The molecule has 0 saturated heterocycles. The van der Waals surface area contributed by atoms with Gasteiger partial charge in [-0.15, -0.1) is 0 Å². The molecule has 2 N–H and O–H groups in total. The molecular weight excluding hydrogens is 226 g/mol. The van der Waals surface area contributed by atoms with E-state index in [-0.39, 0.29) is 24.7 Å². The number of nitro benzene ring substituents is 1. The van der Waals surface area contributed by atoms with Gasteiger partial charge in [-0.2, -0.15) is 0 Å². The standard InChI is InChI=1S/C11H15NO5/c1-8(14)4-5-17-11-3-2-9(7-13)6-10(11)12(15)16/h2-3,6,8,13-14H,4-5,7H2,1H3. The van der Waals surface area contributed by atoms with Crippen LogP contribution in [0.2, 0.25) is 0 Å². The average molecular weight is 241 g/mol. The molecule has 0 heterocycles. The zero-order valence-corrected chi connectivity index (χ0v) is 9.50. The minimum atomic E-state index is -0.559. The highest BCUT2D eigenvalue weighted by molar-refractivity contribution is 5.48. The molecule has 0 radical (unpaired) electrons. The molecule has 6 nitrogen and oxygen atoms in total. The van der Waals surface area contributed by atoms with Crippen LogP contribution in [0.15, 0.2) is 18.2 Å². The normalized spacial score (nSPS) is 12.2. The van der Waals surface area contributed by atoms with E-state index in [9.17, 15) is 10.1 Å². The van der Waals surface area contributed by atoms with Gasteiger partial charge in [0, 0.05) is 12.5 Å². The topological polar surface area (TPSA) is 92.8 Å². The van der Waals surface area contributed by atoms with Gasteiger partial charge in [0.15, 0.2) is 5.75 Å². The van der Waals surface area contributed by atoms with Gasteiger partial charge in [-0.25, -0.2) is 0 Å². The summed E-state index contributed by atoms with van der Waals surface area (Å²) in [5, 5.41) is 28.7. The highest BCUT2D eigenvalue weighted by Crippen LogP contribution is 2.28. The van der Waals surface area contributed by atoms with Crippen LogP contribution in [-0.2, 0) is 6.61 Å². The number of hydrogen-bond acceptors (Lipinski definition) is 5. The number of benzene rings is 1. The Bertz CT molecular complexity index is 391. The van der Waals surface area contributed by atoms with Crippen molar-refractivity contribution in [3.05, 3.63) is 33.9 Å². The lowest BCUT2D eigenvalue weighted by Crippen LogP contribution is -2.08. The van der Waals surface area contributed by atoms with Crippen LogP contribution >= 0.6 is 0 Å². The van der Waals surface area contributed by atoms with Gasteiger partial charge in [0.2, 0.25) is 0 Å². The fourth-order valence-corrected chi connectivity index (χ4v) is 1.27. The van der Waals surface area contributed by atoms with Crippen molar-refractivity contribution in [3.8, 4) is 5.75 Å². The molecule has 0 aliphatic heterocycles. The number of nitrogens with zero attached hydrogens (tertiary/aromatic N) is 1. The summed E-state index contributed by atoms with van der Waals surface area (Å²) < 4.78 is 5.23. The predicted octanol–water partition coefficient (Wildman–Crippen LogP) is 1.24. The molecule has 0 amide bonds. The first-order valence-corrected chi connectivity index (χ1v) is 5.23. The summed E-state index contributed by atoms with van der Waals surface area (Å²) in [5.41, 5.74) is 0.279. The molecule has 6 heteroatoms. The Morgan fingerprint density at radius 3 is 2.76 bits per heavy atom. The van der Waals surface area contributed by atoms with E-state index in [1.165, 1.54) is 12.1 Å². The molecule has 1 aromatic carbocycles. The minimum absolute atomic E-state index is 0.146. The van der Waals surface area contributed by atoms with E-state index >= 15 is 0 Å². The zero-order chi connectivity index (χ0) is 12.8. The van der Waals surface area contributed by atoms with E-state index in [1.807, 2.05) is 0 Å². The van der Waals surface area contributed by atoms with Crippen molar-refractivity contribution in [2.45, 2.75) is 26.1 Å². The Hall–Kier alpha value is -1.66. The van der Waals surface area contributed by atoms with Gasteiger partial charge in [-0.05, 0) is 18.6 Å². The van der Waals surface area contributed by atoms with E-state index in [0.29, 0.717) is 12.0 Å². The Morgan fingerprint density at radius 2 is 2.24 bits per heavy atom. The molecule has 0 aromatic heterocycles. The largest absolute Gasteiger partial charge is 0.487 e. The zero-order valence-electron chi connectivity index (χ0n) is 9.50. The quantitative estimate of drug-likeness (QED) is 0.577. The number of aliphatic hydroxyl groups excluding tert-OH is 2. The van der Waals surface area contributed by atoms with Crippen molar-refractivity contribution < 1.29 is 19.9 Å². The van der Waals surface area contributed by atoms with Crippen LogP contribution in [-0.4, -0.2) is 27.8 Å².